The normalized spacial score (nSPS) is 14.8. The third-order valence-electron chi connectivity index (χ3n) is 3.73. The van der Waals surface area contributed by atoms with Gasteiger partial charge in [0.25, 0.3) is 5.91 Å². The van der Waals surface area contributed by atoms with Crippen molar-refractivity contribution < 1.29 is 18.3 Å². The lowest BCUT2D eigenvalue weighted by Crippen LogP contribution is -2.54. The summed E-state index contributed by atoms with van der Waals surface area (Å²) in [4.78, 5) is 13.9. The molecule has 6 heteroatoms. The number of rotatable bonds is 6. The highest BCUT2D eigenvalue weighted by Gasteiger charge is 2.33. The van der Waals surface area contributed by atoms with Crippen LogP contribution in [-0.2, 0) is 17.1 Å². The maximum Gasteiger partial charge on any atom is 0.289 e. The molecule has 0 aliphatic carbocycles. The summed E-state index contributed by atoms with van der Waals surface area (Å²) in [5.41, 5.74) is 0.532. The molecule has 1 aromatic heterocycles. The molecule has 1 aliphatic rings. The average Bonchev–Trinajstić information content (AvgIpc) is 2.96. The lowest BCUT2D eigenvalue weighted by molar-refractivity contribution is -0.0518. The van der Waals surface area contributed by atoms with E-state index in [2.05, 4.69) is 0 Å². The van der Waals surface area contributed by atoms with Gasteiger partial charge < -0.3 is 14.1 Å². The summed E-state index contributed by atoms with van der Waals surface area (Å²) in [7, 11) is 0. The van der Waals surface area contributed by atoms with Crippen LogP contribution in [0.4, 0.5) is 4.39 Å². The summed E-state index contributed by atoms with van der Waals surface area (Å²) in [5.74, 6) is 1.52. The van der Waals surface area contributed by atoms with E-state index in [1.54, 1.807) is 40.9 Å². The number of hydrogen-bond acceptors (Lipinski definition) is 4. The predicted octanol–water partition coefficient (Wildman–Crippen LogP) is 3.32. The van der Waals surface area contributed by atoms with Gasteiger partial charge in [-0.05, 0) is 24.5 Å². The number of nitrogens with zero attached hydrogens (tertiary/aromatic N) is 1. The van der Waals surface area contributed by atoms with Gasteiger partial charge in [-0.3, -0.25) is 4.79 Å². The van der Waals surface area contributed by atoms with Crippen LogP contribution in [0.25, 0.3) is 0 Å². The van der Waals surface area contributed by atoms with Gasteiger partial charge in [-0.1, -0.05) is 18.2 Å². The van der Waals surface area contributed by atoms with Crippen LogP contribution < -0.4 is 0 Å². The number of benzene rings is 1. The highest BCUT2D eigenvalue weighted by atomic mass is 32.2. The van der Waals surface area contributed by atoms with E-state index < -0.39 is 0 Å². The second-order valence-corrected chi connectivity index (χ2v) is 6.30. The number of ether oxygens (including phenoxy) is 1. The third-order valence-corrected chi connectivity index (χ3v) is 4.30. The van der Waals surface area contributed by atoms with E-state index in [9.17, 15) is 9.18 Å². The molecule has 3 rings (SSSR count). The summed E-state index contributed by atoms with van der Waals surface area (Å²) in [5, 5.41) is 0. The number of likely N-dealkylation sites (tertiary alicyclic amines) is 1. The standard InChI is InChI=1S/C17H18FNO3S/c1-23-11-13-6-7-16(22-13)17(20)19-8-14(9-19)21-10-12-4-2-3-5-15(12)18/h2-7,14H,8-11H2,1H3. The molecule has 0 atom stereocenters. The third kappa shape index (κ3) is 3.76. The zero-order valence-electron chi connectivity index (χ0n) is 12.8. The number of carbonyl (C=O) groups excluding carboxylic acids is 1. The summed E-state index contributed by atoms with van der Waals surface area (Å²) >= 11 is 1.64. The molecule has 4 nitrogen and oxygen atoms in total. The van der Waals surface area contributed by atoms with Gasteiger partial charge in [-0.2, -0.15) is 11.8 Å². The van der Waals surface area contributed by atoms with Crippen LogP contribution in [-0.4, -0.2) is 36.3 Å². The van der Waals surface area contributed by atoms with Crippen LogP contribution >= 0.6 is 11.8 Å². The Hall–Kier alpha value is -1.79. The Morgan fingerprint density at radius 2 is 2.13 bits per heavy atom. The molecule has 0 spiro atoms. The summed E-state index contributed by atoms with van der Waals surface area (Å²) < 4.78 is 24.7. The van der Waals surface area contributed by atoms with Crippen molar-refractivity contribution in [1.29, 1.82) is 0 Å². The fourth-order valence-corrected chi connectivity index (χ4v) is 2.84. The van der Waals surface area contributed by atoms with Crippen molar-refractivity contribution in [2.45, 2.75) is 18.5 Å². The highest BCUT2D eigenvalue weighted by Crippen LogP contribution is 2.20. The molecule has 0 bridgehead atoms. The van der Waals surface area contributed by atoms with Crippen LogP contribution in [0.2, 0.25) is 0 Å². The van der Waals surface area contributed by atoms with Crippen LogP contribution in [0.1, 0.15) is 21.9 Å². The van der Waals surface area contributed by atoms with E-state index in [-0.39, 0.29) is 24.4 Å². The minimum absolute atomic E-state index is 0.0563. The topological polar surface area (TPSA) is 42.7 Å². The number of furan rings is 1. The largest absolute Gasteiger partial charge is 0.455 e. The molecule has 0 radical (unpaired) electrons. The molecule has 2 heterocycles. The van der Waals surface area contributed by atoms with E-state index in [0.29, 0.717) is 24.4 Å². The zero-order valence-corrected chi connectivity index (χ0v) is 13.6. The Labute approximate surface area is 138 Å². The molecular weight excluding hydrogens is 317 g/mol. The minimum Gasteiger partial charge on any atom is -0.455 e. The van der Waals surface area contributed by atoms with Gasteiger partial charge in [0.2, 0.25) is 0 Å². The maximum atomic E-state index is 13.5. The summed E-state index contributed by atoms with van der Waals surface area (Å²) in [6.45, 7) is 1.23. The highest BCUT2D eigenvalue weighted by molar-refractivity contribution is 7.97. The maximum absolute atomic E-state index is 13.5. The molecule has 0 unspecified atom stereocenters. The number of amides is 1. The van der Waals surface area contributed by atoms with Crippen molar-refractivity contribution in [2.75, 3.05) is 19.3 Å². The first-order valence-corrected chi connectivity index (χ1v) is 8.78. The predicted molar refractivity (Wildman–Crippen MR) is 86.8 cm³/mol. The molecule has 0 saturated carbocycles. The number of hydrogen-bond donors (Lipinski definition) is 0. The van der Waals surface area contributed by atoms with E-state index in [1.807, 2.05) is 12.3 Å². The first-order valence-electron chi connectivity index (χ1n) is 7.39. The van der Waals surface area contributed by atoms with Gasteiger partial charge >= 0.3 is 0 Å². The number of carbonyl (C=O) groups is 1. The number of halogens is 1. The Kier molecular flexibility index (Phi) is 5.03. The SMILES string of the molecule is CSCc1ccc(C(=O)N2CC(OCc3ccccc3F)C2)o1. The minimum atomic E-state index is -0.267. The van der Waals surface area contributed by atoms with Crippen LogP contribution in [0.5, 0.6) is 0 Å². The van der Waals surface area contributed by atoms with Crippen molar-refractivity contribution in [3.8, 4) is 0 Å². The van der Waals surface area contributed by atoms with Crippen molar-refractivity contribution in [1.82, 2.24) is 4.90 Å². The van der Waals surface area contributed by atoms with Gasteiger partial charge in [0, 0.05) is 18.7 Å². The fourth-order valence-electron chi connectivity index (χ4n) is 2.40. The molecule has 1 saturated heterocycles. The molecule has 1 aliphatic heterocycles. The van der Waals surface area contributed by atoms with Crippen LogP contribution in [0.15, 0.2) is 40.8 Å². The first kappa shape index (κ1) is 16.1. The lowest BCUT2D eigenvalue weighted by atomic mass is 10.1. The zero-order chi connectivity index (χ0) is 16.2. The molecule has 23 heavy (non-hydrogen) atoms. The smallest absolute Gasteiger partial charge is 0.289 e. The Balaban J connectivity index is 1.47. The Bertz CT molecular complexity index is 682. The second-order valence-electron chi connectivity index (χ2n) is 5.43. The summed E-state index contributed by atoms with van der Waals surface area (Å²) in [6, 6.07) is 10.1. The Morgan fingerprint density at radius 3 is 2.87 bits per heavy atom. The van der Waals surface area contributed by atoms with Gasteiger partial charge in [0.05, 0.1) is 18.5 Å². The Morgan fingerprint density at radius 1 is 1.35 bits per heavy atom. The summed E-state index contributed by atoms with van der Waals surface area (Å²) in [6.07, 6.45) is 1.93. The van der Waals surface area contributed by atoms with E-state index in [1.165, 1.54) is 6.07 Å². The van der Waals surface area contributed by atoms with E-state index in [4.69, 9.17) is 9.15 Å². The van der Waals surface area contributed by atoms with Gasteiger partial charge in [-0.15, -0.1) is 0 Å². The lowest BCUT2D eigenvalue weighted by Gasteiger charge is -2.38. The molecule has 1 amide bonds. The monoisotopic (exact) mass is 335 g/mol. The van der Waals surface area contributed by atoms with E-state index in [0.717, 1.165) is 11.5 Å². The first-order chi connectivity index (χ1) is 11.2. The van der Waals surface area contributed by atoms with Crippen molar-refractivity contribution >= 4 is 17.7 Å². The van der Waals surface area contributed by atoms with Gasteiger partial charge in [0.1, 0.15) is 11.6 Å². The number of thioether (sulfide) groups is 1. The molecular formula is C17H18FNO3S. The van der Waals surface area contributed by atoms with Crippen molar-refractivity contribution in [3.63, 3.8) is 0 Å². The molecule has 1 aromatic carbocycles. The van der Waals surface area contributed by atoms with Crippen LogP contribution in [0, 0.1) is 5.82 Å². The van der Waals surface area contributed by atoms with Gasteiger partial charge in [-0.25, -0.2) is 4.39 Å². The fraction of sp³-hybridized carbons (Fsp3) is 0.353. The molecule has 1 fully saturated rings. The van der Waals surface area contributed by atoms with E-state index >= 15 is 0 Å². The molecule has 2 aromatic rings. The molecule has 122 valence electrons. The quantitative estimate of drug-likeness (QED) is 0.812. The average molecular weight is 335 g/mol. The second kappa shape index (κ2) is 7.19. The van der Waals surface area contributed by atoms with Gasteiger partial charge in [0.15, 0.2) is 5.76 Å². The van der Waals surface area contributed by atoms with Crippen molar-refractivity contribution in [3.05, 3.63) is 59.3 Å². The van der Waals surface area contributed by atoms with Crippen LogP contribution in [0.3, 0.4) is 0 Å². The van der Waals surface area contributed by atoms with Crippen molar-refractivity contribution in [2.24, 2.45) is 0 Å². The molecule has 0 N–H and O–H groups in total.